The van der Waals surface area contributed by atoms with E-state index in [0.717, 1.165) is 42.6 Å². The number of rotatable bonds is 3. The molecule has 1 saturated heterocycles. The zero-order valence-electron chi connectivity index (χ0n) is 12.0. The molecule has 110 valence electrons. The molecule has 3 heterocycles. The maximum absolute atomic E-state index is 11.5. The van der Waals surface area contributed by atoms with Crippen LogP contribution in [0.25, 0.3) is 0 Å². The van der Waals surface area contributed by atoms with Gasteiger partial charge in [-0.05, 0) is 25.0 Å². The summed E-state index contributed by atoms with van der Waals surface area (Å²) < 4.78 is 0. The Morgan fingerprint density at radius 2 is 2.38 bits per heavy atom. The lowest BCUT2D eigenvalue weighted by molar-refractivity contribution is -0.130. The zero-order valence-corrected chi connectivity index (χ0v) is 12.8. The number of anilines is 2. The lowest BCUT2D eigenvalue weighted by Gasteiger charge is -2.31. The first-order valence-electron chi connectivity index (χ1n) is 7.11. The standard InChI is InChI=1S/C15H18N4OS/c1-11(20)19-8-4-5-12(9-19)13-10-21-15(17-13)18-14-6-2-3-7-16-14/h2-3,6-7,10,12H,4-5,8-9H2,1H3,(H,16,17,18). The number of carbonyl (C=O) groups excluding carboxylic acids is 1. The molecule has 1 N–H and O–H groups in total. The quantitative estimate of drug-likeness (QED) is 0.947. The van der Waals surface area contributed by atoms with E-state index >= 15 is 0 Å². The largest absolute Gasteiger partial charge is 0.342 e. The van der Waals surface area contributed by atoms with Crippen molar-refractivity contribution in [3.63, 3.8) is 0 Å². The number of carbonyl (C=O) groups is 1. The predicted octanol–water partition coefficient (Wildman–Crippen LogP) is 3.01. The Morgan fingerprint density at radius 3 is 3.14 bits per heavy atom. The van der Waals surface area contributed by atoms with Crippen LogP contribution in [0.4, 0.5) is 10.9 Å². The van der Waals surface area contributed by atoms with E-state index in [2.05, 4.69) is 20.7 Å². The molecule has 0 aromatic carbocycles. The van der Waals surface area contributed by atoms with Gasteiger partial charge in [-0.25, -0.2) is 9.97 Å². The molecule has 2 aromatic rings. The average Bonchev–Trinajstić information content (AvgIpc) is 2.97. The first kappa shape index (κ1) is 14.0. The van der Waals surface area contributed by atoms with Crippen LogP contribution in [-0.4, -0.2) is 33.9 Å². The molecule has 6 heteroatoms. The van der Waals surface area contributed by atoms with Crippen LogP contribution in [0.3, 0.4) is 0 Å². The van der Waals surface area contributed by atoms with Crippen molar-refractivity contribution in [2.45, 2.75) is 25.7 Å². The molecular formula is C15H18N4OS. The summed E-state index contributed by atoms with van der Waals surface area (Å²) in [6.07, 6.45) is 3.89. The number of nitrogens with one attached hydrogen (secondary N) is 1. The van der Waals surface area contributed by atoms with Gasteiger partial charge in [-0.1, -0.05) is 6.07 Å². The topological polar surface area (TPSA) is 58.1 Å². The van der Waals surface area contributed by atoms with Crippen LogP contribution in [0.2, 0.25) is 0 Å². The molecule has 2 aromatic heterocycles. The molecule has 1 amide bonds. The van der Waals surface area contributed by atoms with E-state index in [1.165, 1.54) is 0 Å². The highest BCUT2D eigenvalue weighted by atomic mass is 32.1. The fraction of sp³-hybridized carbons (Fsp3) is 0.400. The van der Waals surface area contributed by atoms with Gasteiger partial charge in [0, 0.05) is 37.5 Å². The van der Waals surface area contributed by atoms with Crippen molar-refractivity contribution in [3.05, 3.63) is 35.5 Å². The number of hydrogen-bond acceptors (Lipinski definition) is 5. The molecule has 1 unspecified atom stereocenters. The summed E-state index contributed by atoms with van der Waals surface area (Å²) in [7, 11) is 0. The molecule has 0 saturated carbocycles. The molecule has 1 fully saturated rings. The maximum atomic E-state index is 11.5. The molecule has 1 atom stereocenters. The van der Waals surface area contributed by atoms with Gasteiger partial charge in [0.25, 0.3) is 0 Å². The lowest BCUT2D eigenvalue weighted by Crippen LogP contribution is -2.37. The van der Waals surface area contributed by atoms with Crippen molar-refractivity contribution in [2.24, 2.45) is 0 Å². The Bertz CT molecular complexity index is 613. The monoisotopic (exact) mass is 302 g/mol. The first-order chi connectivity index (χ1) is 10.2. The van der Waals surface area contributed by atoms with Gasteiger partial charge >= 0.3 is 0 Å². The summed E-state index contributed by atoms with van der Waals surface area (Å²) in [5, 5.41) is 6.15. The third-order valence-corrected chi connectivity index (χ3v) is 4.48. The number of amides is 1. The van der Waals surface area contributed by atoms with Gasteiger partial charge in [-0.2, -0.15) is 0 Å². The molecule has 21 heavy (non-hydrogen) atoms. The molecule has 0 aliphatic carbocycles. The smallest absolute Gasteiger partial charge is 0.219 e. The summed E-state index contributed by atoms with van der Waals surface area (Å²) in [6, 6.07) is 5.74. The van der Waals surface area contributed by atoms with E-state index in [9.17, 15) is 4.79 Å². The maximum Gasteiger partial charge on any atom is 0.219 e. The van der Waals surface area contributed by atoms with Gasteiger partial charge < -0.3 is 10.2 Å². The highest BCUT2D eigenvalue weighted by Crippen LogP contribution is 2.30. The van der Waals surface area contributed by atoms with E-state index < -0.39 is 0 Å². The molecule has 5 nitrogen and oxygen atoms in total. The van der Waals surface area contributed by atoms with Crippen LogP contribution in [0.5, 0.6) is 0 Å². The van der Waals surface area contributed by atoms with Crippen LogP contribution in [-0.2, 0) is 4.79 Å². The van der Waals surface area contributed by atoms with E-state index in [4.69, 9.17) is 0 Å². The summed E-state index contributed by atoms with van der Waals surface area (Å²) in [4.78, 5) is 22.3. The molecule has 0 radical (unpaired) electrons. The van der Waals surface area contributed by atoms with E-state index in [-0.39, 0.29) is 5.91 Å². The fourth-order valence-electron chi connectivity index (χ4n) is 2.58. The van der Waals surface area contributed by atoms with Gasteiger partial charge in [-0.15, -0.1) is 11.3 Å². The second-order valence-corrected chi connectivity index (χ2v) is 6.08. The van der Waals surface area contributed by atoms with Crippen molar-refractivity contribution in [1.29, 1.82) is 0 Å². The lowest BCUT2D eigenvalue weighted by atomic mass is 9.95. The Hall–Kier alpha value is -1.95. The van der Waals surface area contributed by atoms with Gasteiger partial charge in [0.05, 0.1) is 5.69 Å². The predicted molar refractivity (Wildman–Crippen MR) is 83.9 cm³/mol. The van der Waals surface area contributed by atoms with Gasteiger partial charge in [0.2, 0.25) is 5.91 Å². The van der Waals surface area contributed by atoms with Crippen molar-refractivity contribution >= 4 is 28.2 Å². The van der Waals surface area contributed by atoms with E-state index in [0.29, 0.717) is 5.92 Å². The van der Waals surface area contributed by atoms with Gasteiger partial charge in [0.1, 0.15) is 5.82 Å². The molecule has 1 aliphatic heterocycles. The summed E-state index contributed by atoms with van der Waals surface area (Å²) in [5.41, 5.74) is 1.07. The van der Waals surface area contributed by atoms with Crippen LogP contribution in [0.1, 0.15) is 31.4 Å². The minimum atomic E-state index is 0.154. The third-order valence-electron chi connectivity index (χ3n) is 3.71. The summed E-state index contributed by atoms with van der Waals surface area (Å²) in [6.45, 7) is 3.29. The number of likely N-dealkylation sites (tertiary alicyclic amines) is 1. The zero-order chi connectivity index (χ0) is 14.7. The number of hydrogen-bond donors (Lipinski definition) is 1. The average molecular weight is 302 g/mol. The van der Waals surface area contributed by atoms with Gasteiger partial charge in [0.15, 0.2) is 5.13 Å². The second-order valence-electron chi connectivity index (χ2n) is 5.22. The van der Waals surface area contributed by atoms with E-state index in [1.807, 2.05) is 23.1 Å². The summed E-state index contributed by atoms with van der Waals surface area (Å²) in [5.74, 6) is 1.30. The SMILES string of the molecule is CC(=O)N1CCCC(c2csc(Nc3ccccn3)n2)C1. The minimum absolute atomic E-state index is 0.154. The number of pyridine rings is 1. The molecule has 1 aliphatic rings. The van der Waals surface area contributed by atoms with Crippen molar-refractivity contribution in [1.82, 2.24) is 14.9 Å². The van der Waals surface area contributed by atoms with E-state index in [1.54, 1.807) is 24.5 Å². The number of piperidine rings is 1. The van der Waals surface area contributed by atoms with Crippen LogP contribution >= 0.6 is 11.3 Å². The molecule has 0 spiro atoms. The highest BCUT2D eigenvalue weighted by molar-refractivity contribution is 7.13. The van der Waals surface area contributed by atoms with Crippen molar-refractivity contribution in [3.8, 4) is 0 Å². The number of nitrogens with zero attached hydrogens (tertiary/aromatic N) is 3. The Morgan fingerprint density at radius 1 is 1.48 bits per heavy atom. The Kier molecular flexibility index (Phi) is 4.15. The second kappa shape index (κ2) is 6.22. The van der Waals surface area contributed by atoms with Crippen LogP contribution in [0.15, 0.2) is 29.8 Å². The first-order valence-corrected chi connectivity index (χ1v) is 7.99. The number of thiazole rings is 1. The number of aromatic nitrogens is 2. The highest BCUT2D eigenvalue weighted by Gasteiger charge is 2.24. The van der Waals surface area contributed by atoms with Gasteiger partial charge in [-0.3, -0.25) is 4.79 Å². The summed E-state index contributed by atoms with van der Waals surface area (Å²) >= 11 is 1.58. The van der Waals surface area contributed by atoms with Crippen LogP contribution < -0.4 is 5.32 Å². The molecule has 3 rings (SSSR count). The normalized spacial score (nSPS) is 18.5. The Labute approximate surface area is 128 Å². The third kappa shape index (κ3) is 3.39. The van der Waals surface area contributed by atoms with Crippen molar-refractivity contribution < 1.29 is 4.79 Å². The van der Waals surface area contributed by atoms with Crippen LogP contribution in [0, 0.1) is 0 Å². The molecule has 0 bridgehead atoms. The minimum Gasteiger partial charge on any atom is -0.342 e. The van der Waals surface area contributed by atoms with Crippen molar-refractivity contribution in [2.75, 3.05) is 18.4 Å². The Balaban J connectivity index is 1.68. The fourth-order valence-corrected chi connectivity index (χ4v) is 3.38. The molecular weight excluding hydrogens is 284 g/mol.